The molecule has 13 heteroatoms. The lowest BCUT2D eigenvalue weighted by atomic mass is 9.99. The van der Waals surface area contributed by atoms with Crippen LogP contribution in [0.3, 0.4) is 0 Å². The fraction of sp³-hybridized carbons (Fsp3) is 0.341. The van der Waals surface area contributed by atoms with E-state index in [-0.39, 0.29) is 7.92 Å². The predicted molar refractivity (Wildman–Crippen MR) is 239 cm³/mol. The fourth-order valence-electron chi connectivity index (χ4n) is 7.77. The van der Waals surface area contributed by atoms with Gasteiger partial charge in [0.15, 0.2) is 0 Å². The summed E-state index contributed by atoms with van der Waals surface area (Å²) in [7, 11) is 5.34. The van der Waals surface area contributed by atoms with Crippen LogP contribution in [-0.4, -0.2) is 80.0 Å². The minimum atomic E-state index is -0.316. The molecule has 0 atom stereocenters. The van der Waals surface area contributed by atoms with Gasteiger partial charge in [-0.05, 0) is 63.7 Å². The molecule has 0 saturated carbocycles. The summed E-state index contributed by atoms with van der Waals surface area (Å²) in [6.07, 6.45) is 9.79. The third-order valence-electron chi connectivity index (χ3n) is 10.9. The molecular weight excluding hydrogens is 732 g/mol. The van der Waals surface area contributed by atoms with Crippen molar-refractivity contribution in [2.24, 2.45) is 7.05 Å². The van der Waals surface area contributed by atoms with Crippen molar-refractivity contribution in [1.82, 2.24) is 25.1 Å². The molecule has 0 amide bonds. The van der Waals surface area contributed by atoms with Gasteiger partial charge in [-0.25, -0.2) is 4.98 Å². The van der Waals surface area contributed by atoms with Gasteiger partial charge in [0.1, 0.15) is 23.9 Å². The number of hydrogen-bond donors (Lipinski definition) is 4. The summed E-state index contributed by atoms with van der Waals surface area (Å²) in [5.74, 6) is 2.60. The van der Waals surface area contributed by atoms with E-state index in [1.165, 1.54) is 11.0 Å². The molecule has 2 aliphatic rings. The number of methoxy groups -OCH3 is 1. The van der Waals surface area contributed by atoms with Crippen LogP contribution in [0.5, 0.6) is 11.5 Å². The molecule has 12 nitrogen and oxygen atoms in total. The number of nitrogens with zero attached hydrogens (tertiary/aromatic N) is 6. The molecule has 57 heavy (non-hydrogen) atoms. The van der Waals surface area contributed by atoms with E-state index >= 15 is 0 Å². The largest absolute Gasteiger partial charge is 0.495 e. The van der Waals surface area contributed by atoms with Crippen LogP contribution in [0.1, 0.15) is 37.1 Å². The molecule has 5 aromatic rings. The van der Waals surface area contributed by atoms with Crippen LogP contribution in [-0.2, 0) is 13.5 Å². The molecular formula is C44H55N10O2P. The number of para-hydroxylation sites is 1. The lowest BCUT2D eigenvalue weighted by Crippen LogP contribution is -2.25. The molecule has 3 aromatic carbocycles. The Kier molecular flexibility index (Phi) is 11.9. The number of nitrogens with one attached hydrogen (secondary N) is 3. The number of allylic oxidation sites excluding steroid dienone is 2. The molecule has 0 fully saturated rings. The summed E-state index contributed by atoms with van der Waals surface area (Å²) < 4.78 is 14.3. The van der Waals surface area contributed by atoms with Crippen LogP contribution in [0.15, 0.2) is 78.8 Å². The van der Waals surface area contributed by atoms with Crippen molar-refractivity contribution in [3.8, 4) is 22.6 Å². The Bertz CT molecular complexity index is 2320. The zero-order chi connectivity index (χ0) is 40.2. The maximum absolute atomic E-state index is 6.71. The number of fused-ring (bicyclic) bond motifs is 4. The Balaban J connectivity index is 1.25. The zero-order valence-electron chi connectivity index (χ0n) is 34.4. The fourth-order valence-corrected chi connectivity index (χ4v) is 8.77. The van der Waals surface area contributed by atoms with Crippen molar-refractivity contribution in [2.45, 2.75) is 33.6 Å². The first-order valence-corrected chi connectivity index (χ1v) is 21.9. The van der Waals surface area contributed by atoms with Gasteiger partial charge in [0.25, 0.3) is 0 Å². The summed E-state index contributed by atoms with van der Waals surface area (Å²) >= 11 is 0. The van der Waals surface area contributed by atoms with E-state index in [2.05, 4.69) is 113 Å². The van der Waals surface area contributed by atoms with Crippen molar-refractivity contribution in [3.63, 3.8) is 0 Å². The number of hydrogen-bond acceptors (Lipinski definition) is 11. The van der Waals surface area contributed by atoms with Crippen molar-refractivity contribution < 1.29 is 9.47 Å². The van der Waals surface area contributed by atoms with Gasteiger partial charge in [-0.15, -0.1) is 0 Å². The number of nitrogens with two attached hydrogens (primary N) is 1. The second-order valence-electron chi connectivity index (χ2n) is 14.5. The van der Waals surface area contributed by atoms with E-state index < -0.39 is 0 Å². The quantitative estimate of drug-likeness (QED) is 0.0689. The SMILES string of the molecule is CCN1CCC(NC)=C(/C=C/COc2cc3c(cc2Nc2ncc(C)c(Nc4ccccc4P(C)C)n2)-c2cnn(C)c2CCN3CC)c2cc(N)c(OC)cc21. The first-order chi connectivity index (χ1) is 27.6. The highest BCUT2D eigenvalue weighted by Crippen LogP contribution is 2.44. The van der Waals surface area contributed by atoms with E-state index in [9.17, 15) is 0 Å². The minimum Gasteiger partial charge on any atom is -0.495 e. The summed E-state index contributed by atoms with van der Waals surface area (Å²) in [6.45, 7) is 14.7. The highest BCUT2D eigenvalue weighted by molar-refractivity contribution is 7.64. The third kappa shape index (κ3) is 8.09. The second kappa shape index (κ2) is 17.2. The number of anilines is 7. The van der Waals surface area contributed by atoms with Crippen LogP contribution >= 0.6 is 7.92 Å². The molecule has 0 spiro atoms. The summed E-state index contributed by atoms with van der Waals surface area (Å²) in [4.78, 5) is 14.5. The lowest BCUT2D eigenvalue weighted by Gasteiger charge is -2.25. The van der Waals surface area contributed by atoms with Gasteiger partial charge in [-0.1, -0.05) is 32.2 Å². The van der Waals surface area contributed by atoms with Gasteiger partial charge in [0, 0.05) is 128 Å². The number of benzene rings is 3. The van der Waals surface area contributed by atoms with Crippen LogP contribution in [0.4, 0.5) is 40.2 Å². The van der Waals surface area contributed by atoms with Crippen molar-refractivity contribution in [1.29, 1.82) is 0 Å². The summed E-state index contributed by atoms with van der Waals surface area (Å²) in [6, 6.07) is 16.8. The number of nitrogen functional groups attached to an aromatic ring is 1. The average Bonchev–Trinajstić information content (AvgIpc) is 3.41. The molecule has 4 heterocycles. The Morgan fingerprint density at radius 2 is 1.63 bits per heavy atom. The smallest absolute Gasteiger partial charge is 0.229 e. The molecule has 298 valence electrons. The Morgan fingerprint density at radius 3 is 2.37 bits per heavy atom. The van der Waals surface area contributed by atoms with Gasteiger partial charge in [-0.3, -0.25) is 4.68 Å². The molecule has 7 rings (SSSR count). The van der Waals surface area contributed by atoms with Gasteiger partial charge in [0.2, 0.25) is 5.95 Å². The standard InChI is InChI=1S/C44H55N10O2P/c1-9-53-19-17-34(46-4)29(30-22-33(45)40(55-6)24-38(30)53)14-13-21-56-41-25-39-31(32-27-48-52(5)37(32)18-20-54(39)10-2)23-36(41)50-44-47-26-28(3)43(51-44)49-35-15-11-12-16-42(35)57(7)8/h11-16,22-27,46H,9-10,17-21,45H2,1-8H3,(H2,47,49,50,51)/b14-13+. The normalized spacial score (nSPS) is 13.9. The Morgan fingerprint density at radius 1 is 0.895 bits per heavy atom. The van der Waals surface area contributed by atoms with Gasteiger partial charge < -0.3 is 41.0 Å². The van der Waals surface area contributed by atoms with E-state index in [1.54, 1.807) is 7.11 Å². The molecule has 0 aliphatic carbocycles. The second-order valence-corrected chi connectivity index (χ2v) is 16.8. The van der Waals surface area contributed by atoms with E-state index in [1.807, 2.05) is 44.2 Å². The predicted octanol–water partition coefficient (Wildman–Crippen LogP) is 7.81. The molecule has 0 saturated heterocycles. The number of likely N-dealkylation sites (N-methyl/N-ethyl adjacent to an activating group) is 1. The van der Waals surface area contributed by atoms with Crippen LogP contribution in [0.2, 0.25) is 0 Å². The molecule has 2 aromatic heterocycles. The third-order valence-corrected chi connectivity index (χ3v) is 12.2. The highest BCUT2D eigenvalue weighted by Gasteiger charge is 2.26. The van der Waals surface area contributed by atoms with Crippen LogP contribution < -0.4 is 46.3 Å². The van der Waals surface area contributed by atoms with Crippen molar-refractivity contribution >= 4 is 59.0 Å². The molecule has 5 N–H and O–H groups in total. The summed E-state index contributed by atoms with van der Waals surface area (Å²) in [5.41, 5.74) is 18.8. The summed E-state index contributed by atoms with van der Waals surface area (Å²) in [5, 5.41) is 16.6. The number of rotatable bonds is 13. The lowest BCUT2D eigenvalue weighted by molar-refractivity contribution is 0.365. The highest BCUT2D eigenvalue weighted by atomic mass is 31.1. The molecule has 0 unspecified atom stereocenters. The zero-order valence-corrected chi connectivity index (χ0v) is 35.3. The topological polar surface area (TPSA) is 131 Å². The molecule has 0 bridgehead atoms. The maximum atomic E-state index is 6.71. The number of ether oxygens (including phenoxy) is 2. The van der Waals surface area contributed by atoms with Gasteiger partial charge in [-0.2, -0.15) is 10.1 Å². The first-order valence-electron chi connectivity index (χ1n) is 19.6. The molecule has 2 aliphatic heterocycles. The first kappa shape index (κ1) is 39.5. The van der Waals surface area contributed by atoms with Crippen LogP contribution in [0, 0.1) is 6.92 Å². The van der Waals surface area contributed by atoms with Gasteiger partial charge in [0.05, 0.1) is 24.7 Å². The Hall–Kier alpha value is -5.74. The van der Waals surface area contributed by atoms with E-state index in [0.717, 1.165) is 101 Å². The van der Waals surface area contributed by atoms with E-state index in [0.29, 0.717) is 29.7 Å². The van der Waals surface area contributed by atoms with Crippen molar-refractivity contribution in [2.75, 3.05) is 86.4 Å². The average molecular weight is 787 g/mol. The van der Waals surface area contributed by atoms with Gasteiger partial charge >= 0.3 is 0 Å². The minimum absolute atomic E-state index is 0.316. The van der Waals surface area contributed by atoms with Crippen molar-refractivity contribution in [3.05, 3.63) is 95.6 Å². The number of aromatic nitrogens is 4. The maximum Gasteiger partial charge on any atom is 0.229 e. The van der Waals surface area contributed by atoms with E-state index in [4.69, 9.17) is 25.2 Å². The Labute approximate surface area is 337 Å². The number of aryl methyl sites for hydroxylation is 2. The monoisotopic (exact) mass is 786 g/mol. The van der Waals surface area contributed by atoms with Crippen LogP contribution in [0.25, 0.3) is 16.7 Å². The molecule has 0 radical (unpaired) electrons.